The molecule has 1 heterocycles. The first-order valence-corrected chi connectivity index (χ1v) is 3.95. The zero-order valence-corrected chi connectivity index (χ0v) is 6.75. The molecule has 0 aromatic rings. The van der Waals surface area contributed by atoms with Gasteiger partial charge in [0.15, 0.2) is 0 Å². The first kappa shape index (κ1) is 8.49. The van der Waals surface area contributed by atoms with Crippen LogP contribution in [0.15, 0.2) is 0 Å². The van der Waals surface area contributed by atoms with Crippen LogP contribution in [0.5, 0.6) is 0 Å². The van der Waals surface area contributed by atoms with Crippen LogP contribution in [0, 0.1) is 0 Å². The Balaban J connectivity index is 2.39. The highest BCUT2D eigenvalue weighted by atomic mass is 16.7. The Morgan fingerprint density at radius 3 is 3.00 bits per heavy atom. The molecular formula is C7H14N2O2. The van der Waals surface area contributed by atoms with E-state index in [1.54, 1.807) is 0 Å². The number of nitrogens with two attached hydrogens (primary N) is 1. The average Bonchev–Trinajstić information content (AvgIpc) is 2.53. The van der Waals surface area contributed by atoms with Gasteiger partial charge in [-0.2, -0.15) is 0 Å². The van der Waals surface area contributed by atoms with Crippen LogP contribution in [0.2, 0.25) is 0 Å². The summed E-state index contributed by atoms with van der Waals surface area (Å²) in [6.45, 7) is 3.22. The Bertz CT molecular complexity index is 143. The van der Waals surface area contributed by atoms with Crippen molar-refractivity contribution >= 4 is 5.91 Å². The van der Waals surface area contributed by atoms with E-state index in [4.69, 9.17) is 10.6 Å². The Morgan fingerprint density at radius 2 is 2.55 bits per heavy atom. The molecule has 2 N–H and O–H groups in total. The van der Waals surface area contributed by atoms with Gasteiger partial charge in [0.2, 0.25) is 0 Å². The maximum Gasteiger partial charge on any atom is 0.262 e. The molecule has 1 unspecified atom stereocenters. The minimum atomic E-state index is -0.395. The molecule has 0 bridgehead atoms. The van der Waals surface area contributed by atoms with E-state index in [1.807, 2.05) is 6.92 Å². The van der Waals surface area contributed by atoms with Gasteiger partial charge in [-0.3, -0.25) is 9.63 Å². The first-order valence-electron chi connectivity index (χ1n) is 3.95. The number of hydrogen-bond acceptors (Lipinski definition) is 3. The van der Waals surface area contributed by atoms with Crippen LogP contribution >= 0.6 is 0 Å². The SMILES string of the molecule is CCC(N)C(=O)N1CCCO1. The van der Waals surface area contributed by atoms with Crippen LogP contribution < -0.4 is 5.73 Å². The van der Waals surface area contributed by atoms with Crippen molar-refractivity contribution in [2.24, 2.45) is 5.73 Å². The summed E-state index contributed by atoms with van der Waals surface area (Å²) in [6, 6.07) is -0.395. The summed E-state index contributed by atoms with van der Waals surface area (Å²) in [4.78, 5) is 16.3. The van der Waals surface area contributed by atoms with Crippen LogP contribution in [0.1, 0.15) is 19.8 Å². The Hall–Kier alpha value is -0.610. The Kier molecular flexibility index (Phi) is 2.84. The fraction of sp³-hybridized carbons (Fsp3) is 0.857. The molecule has 4 nitrogen and oxygen atoms in total. The first-order chi connectivity index (χ1) is 5.25. The van der Waals surface area contributed by atoms with E-state index >= 15 is 0 Å². The topological polar surface area (TPSA) is 55.6 Å². The third kappa shape index (κ3) is 1.91. The third-order valence-electron chi connectivity index (χ3n) is 1.76. The van der Waals surface area contributed by atoms with Gasteiger partial charge in [-0.25, -0.2) is 5.06 Å². The lowest BCUT2D eigenvalue weighted by Crippen LogP contribution is -2.41. The molecule has 0 saturated carbocycles. The van der Waals surface area contributed by atoms with Crippen molar-refractivity contribution in [3.8, 4) is 0 Å². The zero-order chi connectivity index (χ0) is 8.27. The maximum absolute atomic E-state index is 11.3. The molecule has 11 heavy (non-hydrogen) atoms. The second-order valence-electron chi connectivity index (χ2n) is 2.64. The second kappa shape index (κ2) is 3.69. The van der Waals surface area contributed by atoms with Gasteiger partial charge < -0.3 is 5.73 Å². The van der Waals surface area contributed by atoms with Crippen molar-refractivity contribution in [1.82, 2.24) is 5.06 Å². The van der Waals surface area contributed by atoms with Crippen molar-refractivity contribution < 1.29 is 9.63 Å². The summed E-state index contributed by atoms with van der Waals surface area (Å²) in [5, 5.41) is 1.37. The van der Waals surface area contributed by atoms with E-state index < -0.39 is 6.04 Å². The summed E-state index contributed by atoms with van der Waals surface area (Å²) in [5.74, 6) is -0.0926. The molecule has 0 aliphatic carbocycles. The van der Waals surface area contributed by atoms with Gasteiger partial charge in [-0.15, -0.1) is 0 Å². The monoisotopic (exact) mass is 158 g/mol. The second-order valence-corrected chi connectivity index (χ2v) is 2.64. The Labute approximate surface area is 66.3 Å². The molecule has 0 radical (unpaired) electrons. The summed E-state index contributed by atoms with van der Waals surface area (Å²) in [6.07, 6.45) is 1.58. The number of carbonyl (C=O) groups is 1. The largest absolute Gasteiger partial charge is 0.320 e. The molecule has 0 aromatic carbocycles. The predicted octanol–water partition coefficient (Wildman–Crippen LogP) is -0.112. The van der Waals surface area contributed by atoms with Crippen LogP contribution in [-0.4, -0.2) is 30.2 Å². The number of hydroxylamine groups is 2. The number of nitrogens with zero attached hydrogens (tertiary/aromatic N) is 1. The van der Waals surface area contributed by atoms with Gasteiger partial charge in [0.25, 0.3) is 5.91 Å². The predicted molar refractivity (Wildman–Crippen MR) is 40.5 cm³/mol. The van der Waals surface area contributed by atoms with Gasteiger partial charge in [0.1, 0.15) is 0 Å². The van der Waals surface area contributed by atoms with E-state index in [0.29, 0.717) is 19.6 Å². The van der Waals surface area contributed by atoms with E-state index in [-0.39, 0.29) is 5.91 Å². The summed E-state index contributed by atoms with van der Waals surface area (Å²) in [7, 11) is 0. The molecule has 1 atom stereocenters. The van der Waals surface area contributed by atoms with Crippen molar-refractivity contribution in [2.75, 3.05) is 13.2 Å². The summed E-state index contributed by atoms with van der Waals surface area (Å²) in [5.41, 5.74) is 5.53. The van der Waals surface area contributed by atoms with Crippen molar-refractivity contribution in [2.45, 2.75) is 25.8 Å². The summed E-state index contributed by atoms with van der Waals surface area (Å²) >= 11 is 0. The van der Waals surface area contributed by atoms with E-state index in [0.717, 1.165) is 6.42 Å². The zero-order valence-electron chi connectivity index (χ0n) is 6.75. The number of amides is 1. The number of rotatable bonds is 2. The summed E-state index contributed by atoms with van der Waals surface area (Å²) < 4.78 is 0. The molecule has 1 rings (SSSR count). The van der Waals surface area contributed by atoms with E-state index in [2.05, 4.69) is 0 Å². The standard InChI is InChI=1S/C7H14N2O2/c1-2-6(8)7(10)9-4-3-5-11-9/h6H,2-5,8H2,1H3. The molecule has 1 aliphatic heterocycles. The van der Waals surface area contributed by atoms with Gasteiger partial charge in [-0.1, -0.05) is 6.92 Å². The molecule has 1 saturated heterocycles. The van der Waals surface area contributed by atoms with E-state index in [9.17, 15) is 4.79 Å². The molecule has 4 heteroatoms. The lowest BCUT2D eigenvalue weighted by atomic mass is 10.2. The van der Waals surface area contributed by atoms with Crippen LogP contribution in [-0.2, 0) is 9.63 Å². The lowest BCUT2D eigenvalue weighted by molar-refractivity contribution is -0.170. The van der Waals surface area contributed by atoms with E-state index in [1.165, 1.54) is 5.06 Å². The fourth-order valence-corrected chi connectivity index (χ4v) is 0.981. The number of carbonyl (C=O) groups excluding carboxylic acids is 1. The minimum Gasteiger partial charge on any atom is -0.320 e. The maximum atomic E-state index is 11.3. The molecule has 0 aromatic heterocycles. The molecule has 0 spiro atoms. The molecule has 1 fully saturated rings. The van der Waals surface area contributed by atoms with Gasteiger partial charge in [0, 0.05) is 0 Å². The lowest BCUT2D eigenvalue weighted by Gasteiger charge is -2.17. The van der Waals surface area contributed by atoms with Crippen LogP contribution in [0.25, 0.3) is 0 Å². The molecule has 64 valence electrons. The average molecular weight is 158 g/mol. The fourth-order valence-electron chi connectivity index (χ4n) is 0.981. The smallest absolute Gasteiger partial charge is 0.262 e. The van der Waals surface area contributed by atoms with Crippen molar-refractivity contribution in [3.63, 3.8) is 0 Å². The third-order valence-corrected chi connectivity index (χ3v) is 1.76. The molecule has 1 amide bonds. The normalized spacial score (nSPS) is 20.4. The van der Waals surface area contributed by atoms with Crippen LogP contribution in [0.4, 0.5) is 0 Å². The van der Waals surface area contributed by atoms with Crippen molar-refractivity contribution in [3.05, 3.63) is 0 Å². The van der Waals surface area contributed by atoms with Crippen molar-refractivity contribution in [1.29, 1.82) is 0 Å². The van der Waals surface area contributed by atoms with Gasteiger partial charge >= 0.3 is 0 Å². The highest BCUT2D eigenvalue weighted by Gasteiger charge is 2.23. The highest BCUT2D eigenvalue weighted by Crippen LogP contribution is 2.06. The molecule has 1 aliphatic rings. The minimum absolute atomic E-state index is 0.0926. The highest BCUT2D eigenvalue weighted by molar-refractivity contribution is 5.80. The van der Waals surface area contributed by atoms with Gasteiger partial charge in [0.05, 0.1) is 19.2 Å². The number of hydrogen-bond donors (Lipinski definition) is 1. The van der Waals surface area contributed by atoms with Gasteiger partial charge in [-0.05, 0) is 12.8 Å². The molecular weight excluding hydrogens is 144 g/mol. The quantitative estimate of drug-likeness (QED) is 0.610. The Morgan fingerprint density at radius 1 is 1.82 bits per heavy atom. The van der Waals surface area contributed by atoms with Crippen LogP contribution in [0.3, 0.4) is 0 Å².